The van der Waals surface area contributed by atoms with Crippen LogP contribution in [0.4, 0.5) is 0 Å². The molecule has 23 heavy (non-hydrogen) atoms. The first-order valence-corrected chi connectivity index (χ1v) is 9.10. The second kappa shape index (κ2) is 7.80. The standard InChI is InChI=1S/C19H28N2O2/c22-18(16-8-1-2-9-16)20-13-15-7-5-6-12-21(14-15)19(23)17-10-3-4-11-17/h1-4,15-17H,5-14H2,(H,20,22). The lowest BCUT2D eigenvalue weighted by Gasteiger charge is -2.27. The van der Waals surface area contributed by atoms with Gasteiger partial charge in [-0.15, -0.1) is 0 Å². The second-order valence-electron chi connectivity index (χ2n) is 7.17. The largest absolute Gasteiger partial charge is 0.355 e. The summed E-state index contributed by atoms with van der Waals surface area (Å²) in [4.78, 5) is 26.8. The average molecular weight is 316 g/mol. The Morgan fingerprint density at radius 1 is 0.957 bits per heavy atom. The third kappa shape index (κ3) is 4.24. The Hall–Kier alpha value is -1.58. The number of hydrogen-bond donors (Lipinski definition) is 1. The van der Waals surface area contributed by atoms with Gasteiger partial charge in [-0.3, -0.25) is 9.59 Å². The van der Waals surface area contributed by atoms with Gasteiger partial charge in [0.2, 0.25) is 11.8 Å². The van der Waals surface area contributed by atoms with Crippen LogP contribution in [0.15, 0.2) is 24.3 Å². The topological polar surface area (TPSA) is 49.4 Å². The fourth-order valence-electron chi connectivity index (χ4n) is 3.89. The summed E-state index contributed by atoms with van der Waals surface area (Å²) in [5, 5.41) is 3.12. The summed E-state index contributed by atoms with van der Waals surface area (Å²) >= 11 is 0. The van der Waals surface area contributed by atoms with Crippen LogP contribution in [0.2, 0.25) is 0 Å². The van der Waals surface area contributed by atoms with Gasteiger partial charge in [-0.25, -0.2) is 0 Å². The zero-order valence-corrected chi connectivity index (χ0v) is 13.9. The van der Waals surface area contributed by atoms with E-state index in [2.05, 4.69) is 34.5 Å². The third-order valence-corrected chi connectivity index (χ3v) is 5.38. The summed E-state index contributed by atoms with van der Waals surface area (Å²) in [7, 11) is 0. The van der Waals surface area contributed by atoms with Crippen molar-refractivity contribution in [1.82, 2.24) is 10.2 Å². The minimum Gasteiger partial charge on any atom is -0.355 e. The van der Waals surface area contributed by atoms with Gasteiger partial charge in [-0.2, -0.15) is 0 Å². The molecule has 0 radical (unpaired) electrons. The monoisotopic (exact) mass is 316 g/mol. The summed E-state index contributed by atoms with van der Waals surface area (Å²) in [5.74, 6) is 1.18. The van der Waals surface area contributed by atoms with Gasteiger partial charge in [-0.05, 0) is 44.4 Å². The van der Waals surface area contributed by atoms with E-state index in [4.69, 9.17) is 0 Å². The number of carbonyl (C=O) groups is 2. The number of nitrogens with one attached hydrogen (secondary N) is 1. The first kappa shape index (κ1) is 16.3. The van der Waals surface area contributed by atoms with Crippen molar-refractivity contribution < 1.29 is 9.59 Å². The van der Waals surface area contributed by atoms with Crippen molar-refractivity contribution in [3.8, 4) is 0 Å². The van der Waals surface area contributed by atoms with E-state index in [9.17, 15) is 9.59 Å². The molecular formula is C19H28N2O2. The van der Waals surface area contributed by atoms with Crippen molar-refractivity contribution in [2.75, 3.05) is 19.6 Å². The maximum atomic E-state index is 12.6. The van der Waals surface area contributed by atoms with Gasteiger partial charge in [0.15, 0.2) is 0 Å². The molecule has 0 bridgehead atoms. The first-order valence-electron chi connectivity index (χ1n) is 9.10. The molecule has 2 aliphatic carbocycles. The molecule has 0 aromatic rings. The Bertz CT molecular complexity index is 482. The quantitative estimate of drug-likeness (QED) is 0.811. The Labute approximate surface area is 139 Å². The number of nitrogens with zero attached hydrogens (tertiary/aromatic N) is 1. The Balaban J connectivity index is 1.48. The van der Waals surface area contributed by atoms with Crippen molar-refractivity contribution in [3.05, 3.63) is 24.3 Å². The van der Waals surface area contributed by atoms with Crippen LogP contribution < -0.4 is 5.32 Å². The molecule has 1 saturated heterocycles. The van der Waals surface area contributed by atoms with Gasteiger partial charge in [0.05, 0.1) is 0 Å². The Kier molecular flexibility index (Phi) is 5.52. The van der Waals surface area contributed by atoms with E-state index in [-0.39, 0.29) is 17.7 Å². The van der Waals surface area contributed by atoms with E-state index >= 15 is 0 Å². The summed E-state index contributed by atoms with van der Waals surface area (Å²) in [6.07, 6.45) is 15.3. The maximum Gasteiger partial charge on any atom is 0.226 e. The highest BCUT2D eigenvalue weighted by molar-refractivity contribution is 5.80. The molecular weight excluding hydrogens is 288 g/mol. The molecule has 1 fully saturated rings. The van der Waals surface area contributed by atoms with Crippen LogP contribution in [0.3, 0.4) is 0 Å². The van der Waals surface area contributed by atoms with Crippen LogP contribution in [-0.2, 0) is 9.59 Å². The van der Waals surface area contributed by atoms with E-state index in [1.807, 2.05) is 0 Å². The Morgan fingerprint density at radius 3 is 2.30 bits per heavy atom. The summed E-state index contributed by atoms with van der Waals surface area (Å²) in [5.41, 5.74) is 0. The second-order valence-corrected chi connectivity index (χ2v) is 7.17. The van der Waals surface area contributed by atoms with Crippen LogP contribution in [0.5, 0.6) is 0 Å². The van der Waals surface area contributed by atoms with E-state index < -0.39 is 0 Å². The van der Waals surface area contributed by atoms with Gasteiger partial charge in [0.1, 0.15) is 0 Å². The first-order chi connectivity index (χ1) is 11.2. The van der Waals surface area contributed by atoms with Crippen LogP contribution in [0, 0.1) is 17.8 Å². The van der Waals surface area contributed by atoms with E-state index in [0.717, 1.165) is 58.0 Å². The smallest absolute Gasteiger partial charge is 0.226 e. The summed E-state index contributed by atoms with van der Waals surface area (Å²) < 4.78 is 0. The van der Waals surface area contributed by atoms with Crippen molar-refractivity contribution >= 4 is 11.8 Å². The molecule has 1 heterocycles. The summed E-state index contributed by atoms with van der Waals surface area (Å²) in [6.45, 7) is 2.40. The zero-order chi connectivity index (χ0) is 16.1. The number of likely N-dealkylation sites (tertiary alicyclic amines) is 1. The van der Waals surface area contributed by atoms with Crippen molar-refractivity contribution in [2.24, 2.45) is 17.8 Å². The SMILES string of the molecule is O=C(NCC1CCCCN(C(=O)C2CC=CC2)C1)C1CC=CC1. The molecule has 126 valence electrons. The number of allylic oxidation sites excluding steroid dienone is 4. The highest BCUT2D eigenvalue weighted by Gasteiger charge is 2.28. The molecule has 0 aromatic heterocycles. The van der Waals surface area contributed by atoms with Gasteiger partial charge in [0, 0.05) is 31.5 Å². The van der Waals surface area contributed by atoms with Crippen LogP contribution in [0.1, 0.15) is 44.9 Å². The van der Waals surface area contributed by atoms with Gasteiger partial charge >= 0.3 is 0 Å². The molecule has 0 aromatic carbocycles. The summed E-state index contributed by atoms with van der Waals surface area (Å²) in [6, 6.07) is 0. The lowest BCUT2D eigenvalue weighted by Crippen LogP contribution is -2.41. The molecule has 0 saturated carbocycles. The minimum atomic E-state index is 0.128. The molecule has 1 unspecified atom stereocenters. The lowest BCUT2D eigenvalue weighted by atomic mass is 10.0. The number of amides is 2. The van der Waals surface area contributed by atoms with Gasteiger partial charge < -0.3 is 10.2 Å². The lowest BCUT2D eigenvalue weighted by molar-refractivity contribution is -0.135. The molecule has 3 rings (SSSR count). The highest BCUT2D eigenvalue weighted by atomic mass is 16.2. The Morgan fingerprint density at radius 2 is 1.61 bits per heavy atom. The molecule has 1 aliphatic heterocycles. The molecule has 1 N–H and O–H groups in total. The predicted octanol–water partition coefficient (Wildman–Crippen LogP) is 2.66. The normalized spacial score (nSPS) is 25.7. The highest BCUT2D eigenvalue weighted by Crippen LogP contribution is 2.24. The fourth-order valence-corrected chi connectivity index (χ4v) is 3.89. The molecule has 4 heteroatoms. The minimum absolute atomic E-state index is 0.128. The van der Waals surface area contributed by atoms with Crippen molar-refractivity contribution in [1.29, 1.82) is 0 Å². The van der Waals surface area contributed by atoms with E-state index in [0.29, 0.717) is 18.4 Å². The van der Waals surface area contributed by atoms with E-state index in [1.165, 1.54) is 0 Å². The van der Waals surface area contributed by atoms with Crippen molar-refractivity contribution in [3.63, 3.8) is 0 Å². The van der Waals surface area contributed by atoms with Gasteiger partial charge in [0.25, 0.3) is 0 Å². The molecule has 1 atom stereocenters. The fraction of sp³-hybridized carbons (Fsp3) is 0.684. The molecule has 3 aliphatic rings. The van der Waals surface area contributed by atoms with E-state index in [1.54, 1.807) is 0 Å². The number of rotatable bonds is 4. The molecule has 2 amide bonds. The molecule has 4 nitrogen and oxygen atoms in total. The van der Waals surface area contributed by atoms with Crippen LogP contribution in [0.25, 0.3) is 0 Å². The number of hydrogen-bond acceptors (Lipinski definition) is 2. The average Bonchev–Trinajstić information content (AvgIpc) is 3.23. The number of carbonyl (C=O) groups excluding carboxylic acids is 2. The van der Waals surface area contributed by atoms with Gasteiger partial charge in [-0.1, -0.05) is 30.7 Å². The van der Waals surface area contributed by atoms with Crippen LogP contribution in [-0.4, -0.2) is 36.3 Å². The predicted molar refractivity (Wildman–Crippen MR) is 90.7 cm³/mol. The third-order valence-electron chi connectivity index (χ3n) is 5.38. The van der Waals surface area contributed by atoms with Crippen LogP contribution >= 0.6 is 0 Å². The molecule has 0 spiro atoms. The van der Waals surface area contributed by atoms with Crippen molar-refractivity contribution in [2.45, 2.75) is 44.9 Å². The zero-order valence-electron chi connectivity index (χ0n) is 13.9. The maximum absolute atomic E-state index is 12.6.